The molecule has 0 bridgehead atoms. The highest BCUT2D eigenvalue weighted by molar-refractivity contribution is 5.91. The van der Waals surface area contributed by atoms with Gasteiger partial charge in [0.15, 0.2) is 0 Å². The van der Waals surface area contributed by atoms with Gasteiger partial charge in [-0.25, -0.2) is 4.39 Å². The Morgan fingerprint density at radius 1 is 1.21 bits per heavy atom. The molecule has 19 heavy (non-hydrogen) atoms. The van der Waals surface area contributed by atoms with Crippen LogP contribution in [0.15, 0.2) is 30.5 Å². The summed E-state index contributed by atoms with van der Waals surface area (Å²) in [4.78, 5) is 4.11. The summed E-state index contributed by atoms with van der Waals surface area (Å²) in [5.41, 5.74) is 1.42. The topological polar surface area (TPSA) is 37.0 Å². The smallest absolute Gasteiger partial charge is 0.149 e. The maximum absolute atomic E-state index is 13.6. The number of piperidine rings is 1. The van der Waals surface area contributed by atoms with Gasteiger partial charge in [0, 0.05) is 23.3 Å². The van der Waals surface area contributed by atoms with E-state index in [1.165, 1.54) is 6.07 Å². The van der Waals surface area contributed by atoms with E-state index in [0.717, 1.165) is 37.0 Å². The summed E-state index contributed by atoms with van der Waals surface area (Å²) in [6.45, 7) is 2.07. The van der Waals surface area contributed by atoms with Crippen LogP contribution in [0.25, 0.3) is 10.9 Å². The minimum Gasteiger partial charge on any atom is -0.382 e. The standard InChI is InChI=1S/C14H16FN3.ClH/c15-12-3-4-13(11-2-1-7-17-14(11)12)18-10-5-8-16-9-6-10;/h1-4,7,10,16,18H,5-6,8-9H2;1H. The number of pyridine rings is 1. The summed E-state index contributed by atoms with van der Waals surface area (Å²) in [6, 6.07) is 7.50. The Morgan fingerprint density at radius 3 is 2.79 bits per heavy atom. The molecule has 1 aromatic heterocycles. The van der Waals surface area contributed by atoms with E-state index in [9.17, 15) is 4.39 Å². The third-order valence-electron chi connectivity index (χ3n) is 3.42. The first-order valence-electron chi connectivity index (χ1n) is 6.35. The molecule has 1 saturated heterocycles. The predicted octanol–water partition coefficient (Wildman–Crippen LogP) is 2.96. The Kier molecular flexibility index (Phi) is 4.56. The van der Waals surface area contributed by atoms with Crippen molar-refractivity contribution in [3.8, 4) is 0 Å². The molecule has 2 N–H and O–H groups in total. The van der Waals surface area contributed by atoms with Gasteiger partial charge in [-0.05, 0) is 50.2 Å². The third-order valence-corrected chi connectivity index (χ3v) is 3.42. The number of halogens is 2. The fraction of sp³-hybridized carbons (Fsp3) is 0.357. The second-order valence-electron chi connectivity index (χ2n) is 4.66. The van der Waals surface area contributed by atoms with E-state index in [2.05, 4.69) is 15.6 Å². The fourth-order valence-electron chi connectivity index (χ4n) is 2.45. The van der Waals surface area contributed by atoms with Crippen molar-refractivity contribution in [1.29, 1.82) is 0 Å². The van der Waals surface area contributed by atoms with Crippen LogP contribution in [0.1, 0.15) is 12.8 Å². The number of anilines is 1. The minimum absolute atomic E-state index is 0. The van der Waals surface area contributed by atoms with Crippen LogP contribution >= 0.6 is 12.4 Å². The molecule has 102 valence electrons. The molecule has 0 spiro atoms. The SMILES string of the molecule is Cl.Fc1ccc(NC2CCNCC2)c2cccnc12. The van der Waals surface area contributed by atoms with E-state index in [1.807, 2.05) is 12.1 Å². The van der Waals surface area contributed by atoms with Crippen molar-refractivity contribution in [2.45, 2.75) is 18.9 Å². The third kappa shape index (κ3) is 2.96. The molecule has 3 rings (SSSR count). The lowest BCUT2D eigenvalue weighted by Crippen LogP contribution is -2.35. The molecule has 0 unspecified atom stereocenters. The summed E-state index contributed by atoms with van der Waals surface area (Å²) in [7, 11) is 0. The van der Waals surface area contributed by atoms with Gasteiger partial charge in [0.05, 0.1) is 0 Å². The zero-order valence-corrected chi connectivity index (χ0v) is 11.3. The predicted molar refractivity (Wildman–Crippen MR) is 78.5 cm³/mol. The van der Waals surface area contributed by atoms with Crippen LogP contribution in [0.4, 0.5) is 10.1 Å². The van der Waals surface area contributed by atoms with Gasteiger partial charge in [-0.15, -0.1) is 12.4 Å². The molecule has 3 nitrogen and oxygen atoms in total. The number of fused-ring (bicyclic) bond motifs is 1. The number of benzene rings is 1. The van der Waals surface area contributed by atoms with Gasteiger partial charge in [0.25, 0.3) is 0 Å². The van der Waals surface area contributed by atoms with Gasteiger partial charge < -0.3 is 10.6 Å². The number of nitrogens with zero attached hydrogens (tertiary/aromatic N) is 1. The van der Waals surface area contributed by atoms with E-state index >= 15 is 0 Å². The Morgan fingerprint density at radius 2 is 2.00 bits per heavy atom. The van der Waals surface area contributed by atoms with Crippen molar-refractivity contribution < 1.29 is 4.39 Å². The number of rotatable bonds is 2. The highest BCUT2D eigenvalue weighted by Gasteiger charge is 2.14. The first kappa shape index (κ1) is 14.0. The van der Waals surface area contributed by atoms with Gasteiger partial charge in [-0.3, -0.25) is 4.98 Å². The molecule has 0 saturated carbocycles. The molecule has 0 aliphatic carbocycles. The molecule has 2 aromatic rings. The fourth-order valence-corrected chi connectivity index (χ4v) is 2.45. The highest BCUT2D eigenvalue weighted by Crippen LogP contribution is 2.25. The van der Waals surface area contributed by atoms with Crippen molar-refractivity contribution >= 4 is 29.0 Å². The van der Waals surface area contributed by atoms with Crippen LogP contribution in [0.5, 0.6) is 0 Å². The molecule has 0 amide bonds. The van der Waals surface area contributed by atoms with Crippen LogP contribution in [0, 0.1) is 5.82 Å². The summed E-state index contributed by atoms with van der Waals surface area (Å²) in [5.74, 6) is -0.263. The van der Waals surface area contributed by atoms with Crippen molar-refractivity contribution in [3.63, 3.8) is 0 Å². The van der Waals surface area contributed by atoms with Gasteiger partial charge in [0.1, 0.15) is 11.3 Å². The van der Waals surface area contributed by atoms with E-state index < -0.39 is 0 Å². The lowest BCUT2D eigenvalue weighted by Gasteiger charge is -2.25. The summed E-state index contributed by atoms with van der Waals surface area (Å²) < 4.78 is 13.6. The van der Waals surface area contributed by atoms with Crippen molar-refractivity contribution in [2.75, 3.05) is 18.4 Å². The van der Waals surface area contributed by atoms with Gasteiger partial charge in [-0.2, -0.15) is 0 Å². The molecule has 0 radical (unpaired) electrons. The van der Waals surface area contributed by atoms with Crippen LogP contribution in [-0.4, -0.2) is 24.1 Å². The van der Waals surface area contributed by atoms with Gasteiger partial charge in [-0.1, -0.05) is 0 Å². The van der Waals surface area contributed by atoms with E-state index in [0.29, 0.717) is 11.6 Å². The molecule has 0 atom stereocenters. The second-order valence-corrected chi connectivity index (χ2v) is 4.66. The summed E-state index contributed by atoms with van der Waals surface area (Å²) >= 11 is 0. The molecule has 1 aliphatic heterocycles. The average Bonchev–Trinajstić information content (AvgIpc) is 2.44. The minimum atomic E-state index is -0.263. The number of hydrogen-bond acceptors (Lipinski definition) is 3. The molecule has 2 heterocycles. The Balaban J connectivity index is 0.00000133. The Labute approximate surface area is 118 Å². The zero-order chi connectivity index (χ0) is 12.4. The first-order chi connectivity index (χ1) is 8.84. The number of aromatic nitrogens is 1. The summed E-state index contributed by atoms with van der Waals surface area (Å²) in [6.07, 6.45) is 3.82. The van der Waals surface area contributed by atoms with Crippen molar-refractivity contribution in [2.24, 2.45) is 0 Å². The van der Waals surface area contributed by atoms with Crippen molar-refractivity contribution in [1.82, 2.24) is 10.3 Å². The van der Waals surface area contributed by atoms with Gasteiger partial charge in [0.2, 0.25) is 0 Å². The van der Waals surface area contributed by atoms with Gasteiger partial charge >= 0.3 is 0 Å². The highest BCUT2D eigenvalue weighted by atomic mass is 35.5. The lowest BCUT2D eigenvalue weighted by atomic mass is 10.1. The van der Waals surface area contributed by atoms with Crippen LogP contribution in [-0.2, 0) is 0 Å². The molecular weight excluding hydrogens is 265 g/mol. The van der Waals surface area contributed by atoms with E-state index in [4.69, 9.17) is 0 Å². The summed E-state index contributed by atoms with van der Waals surface area (Å²) in [5, 5.41) is 7.70. The van der Waals surface area contributed by atoms with E-state index in [1.54, 1.807) is 12.3 Å². The number of nitrogens with one attached hydrogen (secondary N) is 2. The maximum atomic E-state index is 13.6. The number of hydrogen-bond donors (Lipinski definition) is 2. The molecular formula is C14H17ClFN3. The maximum Gasteiger partial charge on any atom is 0.149 e. The average molecular weight is 282 g/mol. The normalized spacial score (nSPS) is 16.1. The zero-order valence-electron chi connectivity index (χ0n) is 10.5. The Bertz CT molecular complexity index is 555. The monoisotopic (exact) mass is 281 g/mol. The Hall–Kier alpha value is -1.39. The van der Waals surface area contributed by atoms with E-state index in [-0.39, 0.29) is 18.2 Å². The molecule has 1 aliphatic rings. The quantitative estimate of drug-likeness (QED) is 0.889. The van der Waals surface area contributed by atoms with Crippen molar-refractivity contribution in [3.05, 3.63) is 36.3 Å². The first-order valence-corrected chi connectivity index (χ1v) is 6.35. The molecule has 1 fully saturated rings. The second kappa shape index (κ2) is 6.17. The van der Waals surface area contributed by atoms with Crippen LogP contribution in [0.3, 0.4) is 0 Å². The molecule has 5 heteroatoms. The lowest BCUT2D eigenvalue weighted by molar-refractivity contribution is 0.479. The van der Waals surface area contributed by atoms with Crippen LogP contribution < -0.4 is 10.6 Å². The molecule has 1 aromatic carbocycles. The van der Waals surface area contributed by atoms with Crippen LogP contribution in [0.2, 0.25) is 0 Å². The largest absolute Gasteiger partial charge is 0.382 e.